The lowest BCUT2D eigenvalue weighted by Gasteiger charge is -2.27. The summed E-state index contributed by atoms with van der Waals surface area (Å²) < 4.78 is 24.4. The first-order valence-corrected chi connectivity index (χ1v) is 8.74. The Hall–Kier alpha value is -3.34. The van der Waals surface area contributed by atoms with Crippen molar-refractivity contribution in [3.63, 3.8) is 0 Å². The number of hydrogen-bond donors (Lipinski definition) is 1. The molecule has 3 aromatic carbocycles. The third kappa shape index (κ3) is 3.62. The molecule has 3 aromatic rings. The monoisotopic (exact) mass is 363 g/mol. The first-order chi connectivity index (χ1) is 13.2. The number of halogens is 1. The van der Waals surface area contributed by atoms with E-state index in [0.29, 0.717) is 30.4 Å². The minimum absolute atomic E-state index is 0.110. The zero-order valence-corrected chi connectivity index (χ0v) is 14.5. The van der Waals surface area contributed by atoms with Gasteiger partial charge in [0.15, 0.2) is 0 Å². The van der Waals surface area contributed by atoms with Crippen LogP contribution in [-0.4, -0.2) is 19.1 Å². The number of carbonyl (C=O) groups excluding carboxylic acids is 1. The number of rotatable bonds is 5. The topological polar surface area (TPSA) is 47.6 Å². The predicted octanol–water partition coefficient (Wildman–Crippen LogP) is 4.26. The van der Waals surface area contributed by atoms with Crippen LogP contribution < -0.4 is 14.8 Å². The van der Waals surface area contributed by atoms with E-state index in [1.54, 1.807) is 12.1 Å². The van der Waals surface area contributed by atoms with Crippen LogP contribution in [0.5, 0.6) is 17.2 Å². The highest BCUT2D eigenvalue weighted by Gasteiger charge is 2.32. The van der Waals surface area contributed by atoms with Gasteiger partial charge in [-0.1, -0.05) is 36.4 Å². The number of ether oxygens (including phenoxy) is 2. The number of nitrogens with one attached hydrogen (secondary N) is 1. The second kappa shape index (κ2) is 7.50. The lowest BCUT2D eigenvalue weighted by molar-refractivity contribution is -0.121. The summed E-state index contributed by atoms with van der Waals surface area (Å²) >= 11 is 0. The molecule has 0 unspecified atom stereocenters. The third-order valence-corrected chi connectivity index (χ3v) is 4.43. The highest BCUT2D eigenvalue weighted by molar-refractivity contribution is 5.89. The molecule has 5 heteroatoms. The number of carbonyl (C=O) groups is 1. The Morgan fingerprint density at radius 3 is 2.15 bits per heavy atom. The smallest absolute Gasteiger partial charge is 0.232 e. The third-order valence-electron chi connectivity index (χ3n) is 4.43. The van der Waals surface area contributed by atoms with Crippen LogP contribution in [-0.2, 0) is 4.79 Å². The highest BCUT2D eigenvalue weighted by Crippen LogP contribution is 2.43. The van der Waals surface area contributed by atoms with E-state index in [4.69, 9.17) is 9.47 Å². The van der Waals surface area contributed by atoms with Crippen molar-refractivity contribution in [1.29, 1.82) is 0 Å². The summed E-state index contributed by atoms with van der Waals surface area (Å²) in [5.74, 6) is 1.09. The maximum Gasteiger partial charge on any atom is 0.232 e. The first kappa shape index (κ1) is 17.1. The van der Waals surface area contributed by atoms with Gasteiger partial charge in [-0.25, -0.2) is 4.39 Å². The summed E-state index contributed by atoms with van der Waals surface area (Å²) in [5, 5.41) is 2.92. The van der Waals surface area contributed by atoms with E-state index < -0.39 is 5.92 Å². The first-order valence-electron chi connectivity index (χ1n) is 8.74. The molecule has 0 fully saturated rings. The standard InChI is InChI=1S/C22H18FNO3/c23-15-9-11-16(12-10-15)26-14-13-24-22(25)21-17-5-1-3-7-19(17)27-20-8-4-2-6-18(20)21/h1-12,21H,13-14H2,(H,24,25). The average molecular weight is 363 g/mol. The van der Waals surface area contributed by atoms with Gasteiger partial charge >= 0.3 is 0 Å². The number of amides is 1. The van der Waals surface area contributed by atoms with Crippen molar-refractivity contribution in [2.75, 3.05) is 13.2 Å². The van der Waals surface area contributed by atoms with Crippen LogP contribution in [0.3, 0.4) is 0 Å². The molecule has 0 atom stereocenters. The Labute approximate surface area is 156 Å². The van der Waals surface area contributed by atoms with Gasteiger partial charge in [0.1, 0.15) is 29.7 Å². The zero-order valence-electron chi connectivity index (χ0n) is 14.5. The Kier molecular flexibility index (Phi) is 4.75. The lowest BCUT2D eigenvalue weighted by atomic mass is 9.87. The minimum atomic E-state index is -0.433. The van der Waals surface area contributed by atoms with Crippen molar-refractivity contribution in [3.05, 3.63) is 89.7 Å². The van der Waals surface area contributed by atoms with Crippen molar-refractivity contribution < 1.29 is 18.7 Å². The lowest BCUT2D eigenvalue weighted by Crippen LogP contribution is -2.34. The van der Waals surface area contributed by atoms with Crippen molar-refractivity contribution in [3.8, 4) is 17.2 Å². The van der Waals surface area contributed by atoms with Gasteiger partial charge in [0, 0.05) is 11.1 Å². The Balaban J connectivity index is 1.45. The van der Waals surface area contributed by atoms with E-state index in [0.717, 1.165) is 11.1 Å². The minimum Gasteiger partial charge on any atom is -0.492 e. The van der Waals surface area contributed by atoms with Gasteiger partial charge in [0.2, 0.25) is 5.91 Å². The van der Waals surface area contributed by atoms with E-state index >= 15 is 0 Å². The molecule has 1 aliphatic rings. The van der Waals surface area contributed by atoms with Crippen LogP contribution in [0.1, 0.15) is 17.0 Å². The van der Waals surface area contributed by atoms with Gasteiger partial charge in [0.25, 0.3) is 0 Å². The summed E-state index contributed by atoms with van der Waals surface area (Å²) in [6, 6.07) is 20.9. The van der Waals surface area contributed by atoms with Gasteiger partial charge in [-0.05, 0) is 36.4 Å². The molecule has 1 heterocycles. The molecule has 0 bridgehead atoms. The van der Waals surface area contributed by atoms with Crippen molar-refractivity contribution >= 4 is 5.91 Å². The fraction of sp³-hybridized carbons (Fsp3) is 0.136. The highest BCUT2D eigenvalue weighted by atomic mass is 19.1. The summed E-state index contributed by atoms with van der Waals surface area (Å²) in [5.41, 5.74) is 1.68. The van der Waals surface area contributed by atoms with E-state index in [1.807, 2.05) is 48.5 Å². The number of para-hydroxylation sites is 2. The van der Waals surface area contributed by atoms with Crippen LogP contribution in [0.4, 0.5) is 4.39 Å². The van der Waals surface area contributed by atoms with Gasteiger partial charge in [-0.2, -0.15) is 0 Å². The molecule has 0 aromatic heterocycles. The molecule has 0 saturated heterocycles. The van der Waals surface area contributed by atoms with E-state index in [2.05, 4.69) is 5.32 Å². The van der Waals surface area contributed by atoms with Crippen LogP contribution in [0, 0.1) is 5.82 Å². The second-order valence-electron chi connectivity index (χ2n) is 6.20. The Morgan fingerprint density at radius 1 is 0.926 bits per heavy atom. The molecule has 0 radical (unpaired) electrons. The Bertz CT molecular complexity index is 910. The molecule has 27 heavy (non-hydrogen) atoms. The second-order valence-corrected chi connectivity index (χ2v) is 6.20. The SMILES string of the molecule is O=C(NCCOc1ccc(F)cc1)C1c2ccccc2Oc2ccccc21. The largest absolute Gasteiger partial charge is 0.492 e. The van der Waals surface area contributed by atoms with Crippen molar-refractivity contribution in [2.45, 2.75) is 5.92 Å². The molecule has 4 rings (SSSR count). The molecule has 1 N–H and O–H groups in total. The van der Waals surface area contributed by atoms with E-state index in [1.165, 1.54) is 12.1 Å². The Morgan fingerprint density at radius 2 is 1.52 bits per heavy atom. The molecule has 0 saturated carbocycles. The molecule has 136 valence electrons. The molecular weight excluding hydrogens is 345 g/mol. The maximum atomic E-state index is 12.9. The van der Waals surface area contributed by atoms with Crippen LogP contribution in [0.2, 0.25) is 0 Å². The van der Waals surface area contributed by atoms with Crippen LogP contribution in [0.25, 0.3) is 0 Å². The van der Waals surface area contributed by atoms with Gasteiger partial charge in [0.05, 0.1) is 12.5 Å². The number of hydrogen-bond acceptors (Lipinski definition) is 3. The van der Waals surface area contributed by atoms with Crippen molar-refractivity contribution in [1.82, 2.24) is 5.32 Å². The fourth-order valence-corrected chi connectivity index (χ4v) is 3.17. The number of benzene rings is 3. The predicted molar refractivity (Wildman–Crippen MR) is 99.7 cm³/mol. The summed E-state index contributed by atoms with van der Waals surface area (Å²) in [6.07, 6.45) is 0. The quantitative estimate of drug-likeness (QED) is 0.689. The molecule has 1 aliphatic heterocycles. The van der Waals surface area contributed by atoms with E-state index in [9.17, 15) is 9.18 Å². The van der Waals surface area contributed by atoms with Crippen molar-refractivity contribution in [2.24, 2.45) is 0 Å². The maximum absolute atomic E-state index is 12.9. The molecule has 4 nitrogen and oxygen atoms in total. The summed E-state index contributed by atoms with van der Waals surface area (Å²) in [4.78, 5) is 12.9. The molecule has 0 spiro atoms. The van der Waals surface area contributed by atoms with Gasteiger partial charge in [-0.3, -0.25) is 4.79 Å². The molecular formula is C22H18FNO3. The molecule has 0 aliphatic carbocycles. The molecule has 1 amide bonds. The summed E-state index contributed by atoms with van der Waals surface area (Å²) in [7, 11) is 0. The van der Waals surface area contributed by atoms with Crippen LogP contribution in [0.15, 0.2) is 72.8 Å². The summed E-state index contributed by atoms with van der Waals surface area (Å²) in [6.45, 7) is 0.641. The van der Waals surface area contributed by atoms with E-state index in [-0.39, 0.29) is 11.7 Å². The van der Waals surface area contributed by atoms with Gasteiger partial charge < -0.3 is 14.8 Å². The average Bonchev–Trinajstić information content (AvgIpc) is 2.70. The normalized spacial score (nSPS) is 12.5. The zero-order chi connectivity index (χ0) is 18.6. The number of fused-ring (bicyclic) bond motifs is 2. The van der Waals surface area contributed by atoms with Gasteiger partial charge in [-0.15, -0.1) is 0 Å². The fourth-order valence-electron chi connectivity index (χ4n) is 3.17. The van der Waals surface area contributed by atoms with Crippen LogP contribution >= 0.6 is 0 Å².